The van der Waals surface area contributed by atoms with E-state index in [0.717, 1.165) is 16.6 Å². The summed E-state index contributed by atoms with van der Waals surface area (Å²) in [6.45, 7) is 6.57. The fourth-order valence-corrected chi connectivity index (χ4v) is 3.06. The maximum atomic E-state index is 12.4. The maximum Gasteiger partial charge on any atom is 0.194 e. The van der Waals surface area contributed by atoms with Crippen molar-refractivity contribution < 1.29 is 8.42 Å². The standard InChI is InChI=1S/C17H19N3O2S/c1-12-9-16(14-7-5-6-8-15(14)20-12)19-11-13(10-18)23(21,22)17(2,3)4/h5-9,11H,1-4H3,(H,19,20). The van der Waals surface area contributed by atoms with Crippen LogP contribution in [-0.2, 0) is 9.84 Å². The molecule has 0 aliphatic rings. The van der Waals surface area contributed by atoms with Crippen LogP contribution in [0, 0.1) is 18.3 Å². The average molecular weight is 329 g/mol. The predicted molar refractivity (Wildman–Crippen MR) is 92.5 cm³/mol. The molecule has 1 heterocycles. The van der Waals surface area contributed by atoms with E-state index in [1.165, 1.54) is 6.20 Å². The van der Waals surface area contributed by atoms with Gasteiger partial charge < -0.3 is 5.32 Å². The SMILES string of the molecule is Cc1cc(NC=C(C#N)S(=O)(=O)C(C)(C)C)c2ccccc2n1. The summed E-state index contributed by atoms with van der Waals surface area (Å²) in [5.74, 6) is 0. The van der Waals surface area contributed by atoms with Gasteiger partial charge in [0, 0.05) is 23.0 Å². The predicted octanol–water partition coefficient (Wildman–Crippen LogP) is 3.53. The molecular weight excluding hydrogens is 310 g/mol. The molecule has 0 spiro atoms. The van der Waals surface area contributed by atoms with Gasteiger partial charge in [0.05, 0.1) is 10.3 Å². The van der Waals surface area contributed by atoms with Crippen LogP contribution in [0.15, 0.2) is 41.4 Å². The van der Waals surface area contributed by atoms with E-state index in [9.17, 15) is 13.7 Å². The van der Waals surface area contributed by atoms with Crippen molar-refractivity contribution in [3.63, 3.8) is 0 Å². The van der Waals surface area contributed by atoms with Crippen molar-refractivity contribution in [2.45, 2.75) is 32.4 Å². The molecular formula is C17H19N3O2S. The Bertz CT molecular complexity index is 917. The number of nitriles is 1. The number of anilines is 1. The molecule has 1 N–H and O–H groups in total. The molecule has 0 radical (unpaired) electrons. The molecule has 0 aliphatic heterocycles. The number of aromatic nitrogens is 1. The number of para-hydroxylation sites is 1. The van der Waals surface area contributed by atoms with E-state index in [2.05, 4.69) is 10.3 Å². The van der Waals surface area contributed by atoms with E-state index >= 15 is 0 Å². The monoisotopic (exact) mass is 329 g/mol. The van der Waals surface area contributed by atoms with Gasteiger partial charge in [-0.05, 0) is 39.8 Å². The summed E-state index contributed by atoms with van der Waals surface area (Å²) in [7, 11) is -3.70. The highest BCUT2D eigenvalue weighted by Crippen LogP contribution is 2.26. The summed E-state index contributed by atoms with van der Waals surface area (Å²) in [5.41, 5.74) is 2.32. The topological polar surface area (TPSA) is 82.9 Å². The van der Waals surface area contributed by atoms with Gasteiger partial charge in [0.2, 0.25) is 0 Å². The normalized spacial score (nSPS) is 12.9. The van der Waals surface area contributed by atoms with Crippen LogP contribution in [0.4, 0.5) is 5.69 Å². The number of hydrogen-bond acceptors (Lipinski definition) is 5. The highest BCUT2D eigenvalue weighted by atomic mass is 32.2. The third-order valence-electron chi connectivity index (χ3n) is 3.41. The molecule has 0 bridgehead atoms. The molecule has 0 saturated heterocycles. The molecule has 1 aromatic carbocycles. The molecule has 0 unspecified atom stereocenters. The summed E-state index contributed by atoms with van der Waals surface area (Å²) in [4.78, 5) is 4.14. The molecule has 0 aliphatic carbocycles. The third kappa shape index (κ3) is 3.35. The first-order valence-electron chi connectivity index (χ1n) is 7.14. The van der Waals surface area contributed by atoms with Gasteiger partial charge >= 0.3 is 0 Å². The summed E-state index contributed by atoms with van der Waals surface area (Å²) >= 11 is 0. The van der Waals surface area contributed by atoms with E-state index in [1.807, 2.05) is 37.3 Å². The van der Waals surface area contributed by atoms with Crippen molar-refractivity contribution >= 4 is 26.4 Å². The number of nitrogens with one attached hydrogen (secondary N) is 1. The van der Waals surface area contributed by atoms with Gasteiger partial charge in [-0.1, -0.05) is 18.2 Å². The van der Waals surface area contributed by atoms with E-state index < -0.39 is 14.6 Å². The van der Waals surface area contributed by atoms with Crippen LogP contribution in [-0.4, -0.2) is 18.1 Å². The molecule has 6 heteroatoms. The number of benzene rings is 1. The lowest BCUT2D eigenvalue weighted by Crippen LogP contribution is -2.29. The van der Waals surface area contributed by atoms with Crippen molar-refractivity contribution in [2.24, 2.45) is 0 Å². The van der Waals surface area contributed by atoms with Gasteiger partial charge in [-0.2, -0.15) is 5.26 Å². The van der Waals surface area contributed by atoms with Gasteiger partial charge in [-0.3, -0.25) is 4.98 Å². The fraction of sp³-hybridized carbons (Fsp3) is 0.294. The Kier molecular flexibility index (Phi) is 4.44. The average Bonchev–Trinajstić information content (AvgIpc) is 2.46. The minimum atomic E-state index is -3.70. The molecule has 23 heavy (non-hydrogen) atoms. The van der Waals surface area contributed by atoms with E-state index in [-0.39, 0.29) is 4.91 Å². The number of fused-ring (bicyclic) bond motifs is 1. The summed E-state index contributed by atoms with van der Waals surface area (Å²) in [6, 6.07) is 11.1. The van der Waals surface area contributed by atoms with Crippen molar-refractivity contribution in [1.82, 2.24) is 4.98 Å². The molecule has 5 nitrogen and oxygen atoms in total. The second kappa shape index (κ2) is 6.01. The van der Waals surface area contributed by atoms with Crippen molar-refractivity contribution in [1.29, 1.82) is 5.26 Å². The van der Waals surface area contributed by atoms with Gasteiger partial charge in [0.25, 0.3) is 0 Å². The highest BCUT2D eigenvalue weighted by Gasteiger charge is 2.33. The van der Waals surface area contributed by atoms with Crippen molar-refractivity contribution in [3.05, 3.63) is 47.1 Å². The molecule has 2 aromatic rings. The first-order valence-corrected chi connectivity index (χ1v) is 8.63. The zero-order chi connectivity index (χ0) is 17.3. The molecule has 2 rings (SSSR count). The number of nitrogens with zero attached hydrogens (tertiary/aromatic N) is 2. The minimum absolute atomic E-state index is 0.288. The number of hydrogen-bond donors (Lipinski definition) is 1. The lowest BCUT2D eigenvalue weighted by Gasteiger charge is -2.18. The second-order valence-corrected chi connectivity index (χ2v) is 8.88. The lowest BCUT2D eigenvalue weighted by molar-refractivity contribution is 0.568. The highest BCUT2D eigenvalue weighted by molar-refractivity contribution is 7.96. The van der Waals surface area contributed by atoms with Crippen LogP contribution >= 0.6 is 0 Å². The number of sulfone groups is 1. The molecule has 0 amide bonds. The smallest absolute Gasteiger partial charge is 0.194 e. The first-order chi connectivity index (χ1) is 10.7. The Hall–Kier alpha value is -2.39. The van der Waals surface area contributed by atoms with Gasteiger partial charge in [-0.15, -0.1) is 0 Å². The van der Waals surface area contributed by atoms with Crippen LogP contribution in [0.1, 0.15) is 26.5 Å². The Morgan fingerprint density at radius 3 is 2.57 bits per heavy atom. The molecule has 0 fully saturated rings. The van der Waals surface area contributed by atoms with Gasteiger partial charge in [0.1, 0.15) is 6.07 Å². The second-order valence-electron chi connectivity index (χ2n) is 6.21. The number of allylic oxidation sites excluding steroid dienone is 1. The largest absolute Gasteiger partial charge is 0.359 e. The van der Waals surface area contributed by atoms with Crippen molar-refractivity contribution in [2.75, 3.05) is 5.32 Å². The van der Waals surface area contributed by atoms with Crippen LogP contribution < -0.4 is 5.32 Å². The molecule has 0 saturated carbocycles. The number of rotatable bonds is 3. The van der Waals surface area contributed by atoms with Gasteiger partial charge in [0.15, 0.2) is 14.7 Å². The lowest BCUT2D eigenvalue weighted by atomic mass is 10.1. The molecule has 1 aromatic heterocycles. The Balaban J connectivity index is 2.49. The van der Waals surface area contributed by atoms with E-state index in [4.69, 9.17) is 0 Å². The van der Waals surface area contributed by atoms with Crippen molar-refractivity contribution in [3.8, 4) is 6.07 Å². The zero-order valence-electron chi connectivity index (χ0n) is 13.6. The number of aryl methyl sites for hydroxylation is 1. The molecule has 120 valence electrons. The summed E-state index contributed by atoms with van der Waals surface area (Å²) in [6.07, 6.45) is 1.25. The van der Waals surface area contributed by atoms with Crippen LogP contribution in [0.2, 0.25) is 0 Å². The third-order valence-corrected chi connectivity index (χ3v) is 5.81. The summed E-state index contributed by atoms with van der Waals surface area (Å²) < 4.78 is 23.7. The van der Waals surface area contributed by atoms with Crippen LogP contribution in [0.5, 0.6) is 0 Å². The van der Waals surface area contributed by atoms with Crippen LogP contribution in [0.25, 0.3) is 10.9 Å². The Labute approximate surface area is 136 Å². The Morgan fingerprint density at radius 1 is 1.30 bits per heavy atom. The molecule has 0 atom stereocenters. The number of pyridine rings is 1. The Morgan fingerprint density at radius 2 is 1.96 bits per heavy atom. The van der Waals surface area contributed by atoms with Gasteiger partial charge in [-0.25, -0.2) is 8.42 Å². The fourth-order valence-electron chi connectivity index (χ4n) is 2.07. The van der Waals surface area contributed by atoms with E-state index in [0.29, 0.717) is 5.69 Å². The minimum Gasteiger partial charge on any atom is -0.359 e. The quantitative estimate of drug-likeness (QED) is 0.871. The van der Waals surface area contributed by atoms with Crippen LogP contribution in [0.3, 0.4) is 0 Å². The zero-order valence-corrected chi connectivity index (χ0v) is 14.4. The van der Waals surface area contributed by atoms with E-state index in [1.54, 1.807) is 26.8 Å². The maximum absolute atomic E-state index is 12.4. The first kappa shape index (κ1) is 17.0. The summed E-state index contributed by atoms with van der Waals surface area (Å²) in [5, 5.41) is 13.0.